The molecule has 1 aromatic rings. The van der Waals surface area contributed by atoms with Gasteiger partial charge in [0.1, 0.15) is 0 Å². The highest BCUT2D eigenvalue weighted by molar-refractivity contribution is 5.83. The zero-order valence-electron chi connectivity index (χ0n) is 15.5. The highest BCUT2D eigenvalue weighted by Crippen LogP contribution is 2.69. The maximum Gasteiger partial charge on any atom is 0.226 e. The molecule has 4 aliphatic rings. The lowest BCUT2D eigenvalue weighted by Gasteiger charge is -2.64. The van der Waals surface area contributed by atoms with Crippen LogP contribution in [0.5, 0.6) is 5.75 Å². The predicted octanol–water partition coefficient (Wildman–Crippen LogP) is 4.45. The van der Waals surface area contributed by atoms with Crippen molar-refractivity contribution >= 4 is 5.91 Å². The number of ether oxygens (including phenoxy) is 1. The average Bonchev–Trinajstić information content (AvgIpc) is 2.49. The van der Waals surface area contributed by atoms with Crippen LogP contribution in [0.1, 0.15) is 57.9 Å². The summed E-state index contributed by atoms with van der Waals surface area (Å²) in [5.74, 6) is 0.710. The molecule has 5 rings (SSSR count). The van der Waals surface area contributed by atoms with Gasteiger partial charge in [-0.05, 0) is 73.0 Å². The molecule has 2 unspecified atom stereocenters. The van der Waals surface area contributed by atoms with Gasteiger partial charge in [-0.25, -0.2) is 4.39 Å². The van der Waals surface area contributed by atoms with E-state index >= 15 is 0 Å². The van der Waals surface area contributed by atoms with Crippen molar-refractivity contribution in [3.05, 3.63) is 29.6 Å². The second kappa shape index (κ2) is 5.46. The van der Waals surface area contributed by atoms with Crippen LogP contribution in [-0.2, 0) is 11.3 Å². The number of carbonyl (C=O) groups excluding carboxylic acids is 1. The fourth-order valence-electron chi connectivity index (χ4n) is 6.89. The number of hydrogen-bond donors (Lipinski definition) is 1. The molecule has 136 valence electrons. The monoisotopic (exact) mass is 345 g/mol. The zero-order chi connectivity index (χ0) is 17.9. The van der Waals surface area contributed by atoms with E-state index < -0.39 is 0 Å². The number of methoxy groups -OCH3 is 1. The second-order valence-corrected chi connectivity index (χ2v) is 9.56. The van der Waals surface area contributed by atoms with E-state index in [-0.39, 0.29) is 22.9 Å². The lowest BCUT2D eigenvalue weighted by molar-refractivity contribution is -0.170. The molecule has 4 bridgehead atoms. The fourth-order valence-corrected chi connectivity index (χ4v) is 6.89. The normalized spacial score (nSPS) is 38.6. The number of rotatable bonds is 4. The van der Waals surface area contributed by atoms with E-state index in [0.717, 1.165) is 24.8 Å². The Morgan fingerprint density at radius 1 is 1.20 bits per heavy atom. The third-order valence-corrected chi connectivity index (χ3v) is 6.78. The SMILES string of the molecule is COc1ccc(CNC(=O)C23CC4CC(C)(CC(C)(C4)C2)C3)cc1F. The first-order valence-electron chi connectivity index (χ1n) is 9.36. The molecule has 0 aromatic heterocycles. The van der Waals surface area contributed by atoms with Crippen LogP contribution in [0, 0.1) is 28.0 Å². The summed E-state index contributed by atoms with van der Waals surface area (Å²) in [7, 11) is 1.45. The summed E-state index contributed by atoms with van der Waals surface area (Å²) in [6.07, 6.45) is 6.86. The quantitative estimate of drug-likeness (QED) is 0.876. The topological polar surface area (TPSA) is 38.3 Å². The minimum atomic E-state index is -0.385. The third kappa shape index (κ3) is 2.84. The molecule has 1 aromatic carbocycles. The molecule has 1 amide bonds. The molecule has 0 radical (unpaired) electrons. The third-order valence-electron chi connectivity index (χ3n) is 6.78. The largest absolute Gasteiger partial charge is 0.494 e. The van der Waals surface area contributed by atoms with E-state index in [1.807, 2.05) is 6.07 Å². The minimum Gasteiger partial charge on any atom is -0.494 e. The Hall–Kier alpha value is -1.58. The van der Waals surface area contributed by atoms with E-state index in [9.17, 15) is 9.18 Å². The maximum absolute atomic E-state index is 13.9. The van der Waals surface area contributed by atoms with E-state index in [1.54, 1.807) is 6.07 Å². The molecule has 1 N–H and O–H groups in total. The standard InChI is InChI=1S/C21H28FNO2/c1-19-7-15-8-20(2,11-19)13-21(9-15,12-19)18(24)23-10-14-4-5-17(25-3)16(22)6-14/h4-6,15H,7-13H2,1-3H3,(H,23,24). The van der Waals surface area contributed by atoms with Crippen LogP contribution in [0.3, 0.4) is 0 Å². The molecule has 4 fully saturated rings. The molecular weight excluding hydrogens is 317 g/mol. The van der Waals surface area contributed by atoms with Gasteiger partial charge in [-0.1, -0.05) is 19.9 Å². The van der Waals surface area contributed by atoms with Gasteiger partial charge in [0, 0.05) is 6.54 Å². The van der Waals surface area contributed by atoms with Crippen LogP contribution < -0.4 is 10.1 Å². The van der Waals surface area contributed by atoms with Gasteiger partial charge in [0.05, 0.1) is 12.5 Å². The maximum atomic E-state index is 13.9. The van der Waals surface area contributed by atoms with Gasteiger partial charge in [0.2, 0.25) is 5.91 Å². The van der Waals surface area contributed by atoms with Crippen molar-refractivity contribution in [2.75, 3.05) is 7.11 Å². The van der Waals surface area contributed by atoms with Crippen LogP contribution in [0.2, 0.25) is 0 Å². The van der Waals surface area contributed by atoms with E-state index in [2.05, 4.69) is 19.2 Å². The van der Waals surface area contributed by atoms with Gasteiger partial charge in [-0.15, -0.1) is 0 Å². The lowest BCUT2D eigenvalue weighted by Crippen LogP contribution is -2.59. The number of amides is 1. The summed E-state index contributed by atoms with van der Waals surface area (Å²) in [5, 5.41) is 3.11. The summed E-state index contributed by atoms with van der Waals surface area (Å²) >= 11 is 0. The first-order chi connectivity index (χ1) is 11.7. The van der Waals surface area contributed by atoms with Crippen LogP contribution in [0.15, 0.2) is 18.2 Å². The molecule has 2 atom stereocenters. The average molecular weight is 345 g/mol. The number of benzene rings is 1. The molecule has 0 aliphatic heterocycles. The number of nitrogens with one attached hydrogen (secondary N) is 1. The van der Waals surface area contributed by atoms with Gasteiger partial charge < -0.3 is 10.1 Å². The Kier molecular flexibility index (Phi) is 3.68. The summed E-state index contributed by atoms with van der Waals surface area (Å²) in [6, 6.07) is 4.87. The first-order valence-corrected chi connectivity index (χ1v) is 9.36. The molecule has 0 saturated heterocycles. The summed E-state index contributed by atoms with van der Waals surface area (Å²) < 4.78 is 18.8. The van der Waals surface area contributed by atoms with Gasteiger partial charge >= 0.3 is 0 Å². The van der Waals surface area contributed by atoms with Crippen LogP contribution in [0.4, 0.5) is 4.39 Å². The predicted molar refractivity (Wildman–Crippen MR) is 94.6 cm³/mol. The molecule has 0 heterocycles. The summed E-state index contributed by atoms with van der Waals surface area (Å²) in [6.45, 7) is 5.12. The van der Waals surface area contributed by atoms with Crippen molar-refractivity contribution in [3.8, 4) is 5.75 Å². The van der Waals surface area contributed by atoms with Gasteiger partial charge in [0.15, 0.2) is 11.6 Å². The van der Waals surface area contributed by atoms with Crippen molar-refractivity contribution in [2.45, 2.75) is 58.9 Å². The van der Waals surface area contributed by atoms with Crippen LogP contribution >= 0.6 is 0 Å². The number of hydrogen-bond acceptors (Lipinski definition) is 2. The van der Waals surface area contributed by atoms with E-state index in [0.29, 0.717) is 23.3 Å². The molecule has 4 saturated carbocycles. The van der Waals surface area contributed by atoms with Crippen molar-refractivity contribution in [1.29, 1.82) is 0 Å². The summed E-state index contributed by atoms with van der Waals surface area (Å²) in [5.41, 5.74) is 1.19. The minimum absolute atomic E-state index is 0.172. The highest BCUT2D eigenvalue weighted by atomic mass is 19.1. The smallest absolute Gasteiger partial charge is 0.226 e. The first kappa shape index (κ1) is 16.9. The molecule has 0 spiro atoms. The number of carbonyl (C=O) groups is 1. The second-order valence-electron chi connectivity index (χ2n) is 9.56. The van der Waals surface area contributed by atoms with Crippen molar-refractivity contribution in [3.63, 3.8) is 0 Å². The molecule has 25 heavy (non-hydrogen) atoms. The Labute approximate surface area is 149 Å². The Morgan fingerprint density at radius 3 is 2.44 bits per heavy atom. The van der Waals surface area contributed by atoms with E-state index in [4.69, 9.17) is 4.74 Å². The van der Waals surface area contributed by atoms with Gasteiger partial charge in [0.25, 0.3) is 0 Å². The highest BCUT2D eigenvalue weighted by Gasteiger charge is 2.62. The molecule has 4 heteroatoms. The Bertz CT molecular complexity index is 698. The lowest BCUT2D eigenvalue weighted by atomic mass is 9.40. The van der Waals surface area contributed by atoms with Crippen LogP contribution in [-0.4, -0.2) is 13.0 Å². The van der Waals surface area contributed by atoms with E-state index in [1.165, 1.54) is 32.4 Å². The van der Waals surface area contributed by atoms with Crippen molar-refractivity contribution < 1.29 is 13.9 Å². The van der Waals surface area contributed by atoms with Crippen molar-refractivity contribution in [1.82, 2.24) is 5.32 Å². The molecule has 4 aliphatic carbocycles. The molecular formula is C21H28FNO2. The van der Waals surface area contributed by atoms with Crippen molar-refractivity contribution in [2.24, 2.45) is 22.2 Å². The number of halogens is 1. The Morgan fingerprint density at radius 2 is 1.88 bits per heavy atom. The fraction of sp³-hybridized carbons (Fsp3) is 0.667. The van der Waals surface area contributed by atoms with Gasteiger partial charge in [-0.3, -0.25) is 4.79 Å². The Balaban J connectivity index is 1.49. The van der Waals surface area contributed by atoms with Crippen LogP contribution in [0.25, 0.3) is 0 Å². The summed E-state index contributed by atoms with van der Waals surface area (Å²) in [4.78, 5) is 13.1. The van der Waals surface area contributed by atoms with Gasteiger partial charge in [-0.2, -0.15) is 0 Å². The zero-order valence-corrected chi connectivity index (χ0v) is 15.5. The molecule has 3 nitrogen and oxygen atoms in total.